The SMILES string of the molecule is Cc1ccc([C@@H]2CN(C(=O)c3ncc(F)cc3F)[C@H]3C4CCN(CC4)[C@@H]23)cc1. The summed E-state index contributed by atoms with van der Waals surface area (Å²) in [7, 11) is 0. The van der Waals surface area contributed by atoms with Gasteiger partial charge in [0.2, 0.25) is 0 Å². The molecule has 4 saturated heterocycles. The van der Waals surface area contributed by atoms with Crippen molar-refractivity contribution in [3.8, 4) is 0 Å². The van der Waals surface area contributed by atoms with E-state index in [1.165, 1.54) is 11.1 Å². The summed E-state index contributed by atoms with van der Waals surface area (Å²) in [6.45, 7) is 4.72. The number of halogens is 2. The summed E-state index contributed by atoms with van der Waals surface area (Å²) in [6, 6.07) is 9.55. The molecule has 2 aromatic rings. The first-order valence-corrected chi connectivity index (χ1v) is 9.95. The fourth-order valence-electron chi connectivity index (χ4n) is 5.47. The van der Waals surface area contributed by atoms with Crippen molar-refractivity contribution in [1.29, 1.82) is 0 Å². The van der Waals surface area contributed by atoms with E-state index in [-0.39, 0.29) is 23.7 Å². The molecule has 2 bridgehead atoms. The van der Waals surface area contributed by atoms with Gasteiger partial charge in [-0.3, -0.25) is 9.69 Å². The minimum atomic E-state index is -0.887. The van der Waals surface area contributed by atoms with Crippen molar-refractivity contribution in [2.24, 2.45) is 5.92 Å². The number of aryl methyl sites for hydroxylation is 1. The standard InChI is InChI=1S/C22H23F2N3O/c1-13-2-4-14(5-3-13)17-12-27(20-15-6-8-26(9-7-15)21(17)20)22(28)19-18(24)10-16(23)11-25-19/h2-5,10-11,15,17,20-21H,6-9,12H2,1H3/t17-,20-,21-/m0/s1. The van der Waals surface area contributed by atoms with E-state index in [9.17, 15) is 13.6 Å². The largest absolute Gasteiger partial charge is 0.332 e. The molecule has 4 aliphatic heterocycles. The fraction of sp³-hybridized carbons (Fsp3) is 0.455. The van der Waals surface area contributed by atoms with Gasteiger partial charge in [0.15, 0.2) is 11.5 Å². The van der Waals surface area contributed by atoms with Crippen LogP contribution in [0.2, 0.25) is 0 Å². The van der Waals surface area contributed by atoms with Crippen molar-refractivity contribution in [3.05, 3.63) is 65.0 Å². The average Bonchev–Trinajstić information content (AvgIpc) is 3.12. The van der Waals surface area contributed by atoms with Crippen LogP contribution in [-0.2, 0) is 0 Å². The summed E-state index contributed by atoms with van der Waals surface area (Å²) in [4.78, 5) is 21.3. The molecule has 4 aliphatic rings. The summed E-state index contributed by atoms with van der Waals surface area (Å²) < 4.78 is 27.5. The highest BCUT2D eigenvalue weighted by Gasteiger charge is 2.55. The van der Waals surface area contributed by atoms with Crippen molar-refractivity contribution in [2.45, 2.75) is 37.8 Å². The normalized spacial score (nSPS) is 31.1. The van der Waals surface area contributed by atoms with Gasteiger partial charge in [-0.25, -0.2) is 13.8 Å². The number of pyridine rings is 1. The zero-order valence-electron chi connectivity index (χ0n) is 15.8. The van der Waals surface area contributed by atoms with Crippen LogP contribution < -0.4 is 0 Å². The Morgan fingerprint density at radius 2 is 1.82 bits per heavy atom. The van der Waals surface area contributed by atoms with E-state index in [2.05, 4.69) is 41.1 Å². The number of carbonyl (C=O) groups excluding carboxylic acids is 1. The van der Waals surface area contributed by atoms with Gasteiger partial charge in [0.25, 0.3) is 5.91 Å². The summed E-state index contributed by atoms with van der Waals surface area (Å²) in [6.07, 6.45) is 3.04. The summed E-state index contributed by atoms with van der Waals surface area (Å²) in [5, 5.41) is 0. The second kappa shape index (κ2) is 6.62. The summed E-state index contributed by atoms with van der Waals surface area (Å²) in [5.74, 6) is -1.45. The average molecular weight is 383 g/mol. The van der Waals surface area contributed by atoms with Crippen molar-refractivity contribution in [1.82, 2.24) is 14.8 Å². The minimum absolute atomic E-state index is 0.0626. The number of hydrogen-bond donors (Lipinski definition) is 0. The molecule has 0 unspecified atom stereocenters. The Hall–Kier alpha value is -2.34. The molecule has 0 N–H and O–H groups in total. The highest BCUT2D eigenvalue weighted by molar-refractivity contribution is 5.93. The van der Waals surface area contributed by atoms with Gasteiger partial charge in [-0.05, 0) is 44.3 Å². The van der Waals surface area contributed by atoms with Crippen molar-refractivity contribution in [3.63, 3.8) is 0 Å². The van der Waals surface area contributed by atoms with E-state index in [4.69, 9.17) is 0 Å². The van der Waals surface area contributed by atoms with Gasteiger partial charge >= 0.3 is 0 Å². The molecule has 4 fully saturated rings. The van der Waals surface area contributed by atoms with E-state index in [1.54, 1.807) is 0 Å². The van der Waals surface area contributed by atoms with E-state index in [0.29, 0.717) is 12.5 Å². The smallest absolute Gasteiger partial charge is 0.275 e. The van der Waals surface area contributed by atoms with E-state index in [1.807, 2.05) is 4.90 Å². The molecule has 6 rings (SSSR count). The predicted octanol–water partition coefficient (Wildman–Crippen LogP) is 3.37. The van der Waals surface area contributed by atoms with E-state index < -0.39 is 17.5 Å². The lowest BCUT2D eigenvalue weighted by Crippen LogP contribution is -2.60. The molecule has 0 saturated carbocycles. The number of fused-ring (bicyclic) bond motifs is 2. The van der Waals surface area contributed by atoms with Crippen LogP contribution in [0.15, 0.2) is 36.5 Å². The molecule has 1 amide bonds. The zero-order chi connectivity index (χ0) is 19.4. The first kappa shape index (κ1) is 17.7. The maximum atomic E-state index is 14.3. The number of likely N-dealkylation sites (tertiary alicyclic amines) is 1. The molecule has 6 heteroatoms. The molecule has 0 spiro atoms. The summed E-state index contributed by atoms with van der Waals surface area (Å²) >= 11 is 0. The predicted molar refractivity (Wildman–Crippen MR) is 101 cm³/mol. The van der Waals surface area contributed by atoms with Crippen LogP contribution in [0.4, 0.5) is 8.78 Å². The number of benzene rings is 1. The third kappa shape index (κ3) is 2.73. The highest BCUT2D eigenvalue weighted by Crippen LogP contribution is 2.47. The van der Waals surface area contributed by atoms with E-state index in [0.717, 1.165) is 38.2 Å². The number of rotatable bonds is 2. The molecule has 1 aromatic heterocycles. The topological polar surface area (TPSA) is 36.4 Å². The monoisotopic (exact) mass is 383 g/mol. The van der Waals surface area contributed by atoms with Crippen LogP contribution in [0.25, 0.3) is 0 Å². The maximum absolute atomic E-state index is 14.3. The summed E-state index contributed by atoms with van der Waals surface area (Å²) in [5.41, 5.74) is 2.14. The number of nitrogens with zero attached hydrogens (tertiary/aromatic N) is 3. The first-order valence-electron chi connectivity index (χ1n) is 9.95. The molecular weight excluding hydrogens is 360 g/mol. The quantitative estimate of drug-likeness (QED) is 0.798. The van der Waals surface area contributed by atoms with Gasteiger partial charge < -0.3 is 4.90 Å². The third-order valence-corrected chi connectivity index (χ3v) is 6.77. The Labute approximate surface area is 163 Å². The Bertz CT molecular complexity index is 908. The van der Waals surface area contributed by atoms with Gasteiger partial charge in [-0.15, -0.1) is 0 Å². The molecule has 146 valence electrons. The van der Waals surface area contributed by atoms with Crippen LogP contribution >= 0.6 is 0 Å². The second-order valence-electron chi connectivity index (χ2n) is 8.31. The van der Waals surface area contributed by atoms with Crippen molar-refractivity contribution in [2.75, 3.05) is 19.6 Å². The molecule has 5 heterocycles. The van der Waals surface area contributed by atoms with Gasteiger partial charge in [-0.2, -0.15) is 0 Å². The first-order chi connectivity index (χ1) is 13.5. The molecule has 0 aliphatic carbocycles. The maximum Gasteiger partial charge on any atom is 0.275 e. The van der Waals surface area contributed by atoms with Crippen LogP contribution in [0.1, 0.15) is 40.4 Å². The molecule has 0 radical (unpaired) electrons. The Morgan fingerprint density at radius 3 is 2.50 bits per heavy atom. The minimum Gasteiger partial charge on any atom is -0.332 e. The molecule has 28 heavy (non-hydrogen) atoms. The lowest BCUT2D eigenvalue weighted by atomic mass is 9.75. The van der Waals surface area contributed by atoms with Gasteiger partial charge in [-0.1, -0.05) is 29.8 Å². The number of amides is 1. The van der Waals surface area contributed by atoms with Gasteiger partial charge in [0.1, 0.15) is 5.82 Å². The van der Waals surface area contributed by atoms with Crippen LogP contribution in [0.3, 0.4) is 0 Å². The van der Waals surface area contributed by atoms with Crippen LogP contribution in [-0.4, -0.2) is 52.4 Å². The molecule has 1 aromatic carbocycles. The number of piperidine rings is 3. The lowest BCUT2D eigenvalue weighted by molar-refractivity contribution is -0.00373. The fourth-order valence-corrected chi connectivity index (χ4v) is 5.47. The Morgan fingerprint density at radius 1 is 1.11 bits per heavy atom. The Balaban J connectivity index is 1.53. The number of hydrogen-bond acceptors (Lipinski definition) is 3. The molecule has 4 nitrogen and oxygen atoms in total. The zero-order valence-corrected chi connectivity index (χ0v) is 15.8. The van der Waals surface area contributed by atoms with Crippen molar-refractivity contribution >= 4 is 5.91 Å². The number of aromatic nitrogens is 1. The number of carbonyl (C=O) groups is 1. The van der Waals surface area contributed by atoms with Gasteiger partial charge in [0, 0.05) is 24.6 Å². The second-order valence-corrected chi connectivity index (χ2v) is 8.31. The van der Waals surface area contributed by atoms with E-state index >= 15 is 0 Å². The van der Waals surface area contributed by atoms with Crippen LogP contribution in [0.5, 0.6) is 0 Å². The molecular formula is C22H23F2N3O. The Kier molecular flexibility index (Phi) is 4.19. The van der Waals surface area contributed by atoms with Gasteiger partial charge in [0.05, 0.1) is 12.2 Å². The van der Waals surface area contributed by atoms with Crippen molar-refractivity contribution < 1.29 is 13.6 Å². The lowest BCUT2D eigenvalue weighted by Gasteiger charge is -2.51. The third-order valence-electron chi connectivity index (χ3n) is 6.77. The molecule has 3 atom stereocenters. The highest BCUT2D eigenvalue weighted by atomic mass is 19.1. The van der Waals surface area contributed by atoms with Crippen LogP contribution in [0, 0.1) is 24.5 Å².